The molecule has 8 heteroatoms. The summed E-state index contributed by atoms with van der Waals surface area (Å²) < 4.78 is 14.6. The summed E-state index contributed by atoms with van der Waals surface area (Å²) in [7, 11) is 0. The Hall–Kier alpha value is -3.81. The molecule has 0 aliphatic carbocycles. The quantitative estimate of drug-likeness (QED) is 0.719. The van der Waals surface area contributed by atoms with Crippen LogP contribution in [0.25, 0.3) is 5.69 Å². The lowest BCUT2D eigenvalue weighted by atomic mass is 9.95. The molecule has 1 aromatic carbocycles. The Labute approximate surface area is 171 Å². The van der Waals surface area contributed by atoms with Crippen LogP contribution in [0.4, 0.5) is 4.39 Å². The first-order valence-electron chi connectivity index (χ1n) is 9.40. The summed E-state index contributed by atoms with van der Waals surface area (Å²) in [5, 5.41) is 0. The van der Waals surface area contributed by atoms with Crippen molar-refractivity contribution < 1.29 is 14.0 Å². The van der Waals surface area contributed by atoms with Gasteiger partial charge < -0.3 is 10.6 Å². The number of aryl methyl sites for hydroxylation is 1. The van der Waals surface area contributed by atoms with Crippen LogP contribution in [0.5, 0.6) is 0 Å². The van der Waals surface area contributed by atoms with E-state index in [1.807, 2.05) is 6.92 Å². The lowest BCUT2D eigenvalue weighted by Gasteiger charge is -2.30. The summed E-state index contributed by atoms with van der Waals surface area (Å²) in [5.41, 5.74) is 7.73. The summed E-state index contributed by atoms with van der Waals surface area (Å²) >= 11 is 0. The van der Waals surface area contributed by atoms with Gasteiger partial charge in [0.05, 0.1) is 5.56 Å². The average Bonchev–Trinajstić information content (AvgIpc) is 2.73. The molecule has 3 aromatic rings. The number of fused-ring (bicyclic) bond motifs is 1. The molecule has 0 spiro atoms. The highest BCUT2D eigenvalue weighted by Crippen LogP contribution is 2.23. The molecule has 2 amide bonds. The Morgan fingerprint density at radius 2 is 1.87 bits per heavy atom. The summed E-state index contributed by atoms with van der Waals surface area (Å²) in [4.78, 5) is 43.7. The number of primary amides is 1. The highest BCUT2D eigenvalue weighted by molar-refractivity contribution is 5.96. The van der Waals surface area contributed by atoms with Gasteiger partial charge in [-0.25, -0.2) is 4.39 Å². The SMILES string of the molecule is Cc1ccc(C(=O)N2CCc3c(cn(-c4ccc(F)cc4)c(=O)c3C(N)=O)C2)cn1. The molecule has 2 N–H and O–H groups in total. The third-order valence-electron chi connectivity index (χ3n) is 5.20. The number of nitrogens with zero attached hydrogens (tertiary/aromatic N) is 3. The Kier molecular flexibility index (Phi) is 4.91. The summed E-state index contributed by atoms with van der Waals surface area (Å²) in [6.45, 7) is 2.40. The van der Waals surface area contributed by atoms with E-state index in [9.17, 15) is 18.8 Å². The number of aromatic nitrogens is 2. The molecule has 0 saturated heterocycles. The molecule has 3 heterocycles. The molecule has 0 fully saturated rings. The van der Waals surface area contributed by atoms with Crippen molar-refractivity contribution in [3.05, 3.63) is 92.9 Å². The molecule has 0 unspecified atom stereocenters. The summed E-state index contributed by atoms with van der Waals surface area (Å²) in [5.74, 6) is -1.45. The van der Waals surface area contributed by atoms with Crippen molar-refractivity contribution >= 4 is 11.8 Å². The van der Waals surface area contributed by atoms with Crippen LogP contribution in [-0.4, -0.2) is 32.8 Å². The minimum atomic E-state index is -0.824. The lowest BCUT2D eigenvalue weighted by molar-refractivity contribution is 0.0733. The molecular formula is C22H19FN4O3. The largest absolute Gasteiger partial charge is 0.365 e. The van der Waals surface area contributed by atoms with Gasteiger partial charge in [0, 0.05) is 36.9 Å². The Morgan fingerprint density at radius 1 is 1.13 bits per heavy atom. The molecule has 30 heavy (non-hydrogen) atoms. The fourth-order valence-electron chi connectivity index (χ4n) is 3.65. The third kappa shape index (κ3) is 3.47. The van der Waals surface area contributed by atoms with E-state index in [-0.39, 0.29) is 18.0 Å². The first-order chi connectivity index (χ1) is 14.3. The van der Waals surface area contributed by atoms with Gasteiger partial charge in [-0.2, -0.15) is 0 Å². The maximum atomic E-state index is 13.3. The number of hydrogen-bond donors (Lipinski definition) is 1. The van der Waals surface area contributed by atoms with Gasteiger partial charge in [-0.1, -0.05) is 0 Å². The molecule has 2 aromatic heterocycles. The van der Waals surface area contributed by atoms with Crippen LogP contribution in [0.15, 0.2) is 53.6 Å². The number of pyridine rings is 2. The van der Waals surface area contributed by atoms with Crippen LogP contribution >= 0.6 is 0 Å². The number of hydrogen-bond acceptors (Lipinski definition) is 4. The van der Waals surface area contributed by atoms with E-state index in [0.29, 0.717) is 35.3 Å². The smallest absolute Gasteiger partial charge is 0.268 e. The number of nitrogens with two attached hydrogens (primary N) is 1. The van der Waals surface area contributed by atoms with Crippen LogP contribution in [-0.2, 0) is 13.0 Å². The van der Waals surface area contributed by atoms with Gasteiger partial charge in [0.25, 0.3) is 17.4 Å². The fourth-order valence-corrected chi connectivity index (χ4v) is 3.65. The zero-order valence-electron chi connectivity index (χ0n) is 16.3. The van der Waals surface area contributed by atoms with Crippen LogP contribution in [0.3, 0.4) is 0 Å². The van der Waals surface area contributed by atoms with E-state index in [0.717, 1.165) is 5.69 Å². The molecule has 0 saturated carbocycles. The molecule has 7 nitrogen and oxygen atoms in total. The molecule has 1 aliphatic heterocycles. The predicted molar refractivity (Wildman–Crippen MR) is 108 cm³/mol. The van der Waals surface area contributed by atoms with Crippen molar-refractivity contribution in [1.29, 1.82) is 0 Å². The number of carbonyl (C=O) groups is 2. The van der Waals surface area contributed by atoms with Gasteiger partial charge in [0.15, 0.2) is 0 Å². The van der Waals surface area contributed by atoms with Gasteiger partial charge in [-0.05, 0) is 60.9 Å². The first-order valence-corrected chi connectivity index (χ1v) is 9.40. The maximum absolute atomic E-state index is 13.3. The van der Waals surface area contributed by atoms with E-state index in [2.05, 4.69) is 4.98 Å². The topological polar surface area (TPSA) is 98.3 Å². The second-order valence-electron chi connectivity index (χ2n) is 7.19. The highest BCUT2D eigenvalue weighted by atomic mass is 19.1. The fraction of sp³-hybridized carbons (Fsp3) is 0.182. The standard InChI is InChI=1S/C22H19FN4O3/c1-13-2-3-14(10-25-13)21(29)26-9-8-18-15(11-26)12-27(22(30)19(18)20(24)28)17-6-4-16(23)5-7-17/h2-7,10,12H,8-9,11H2,1H3,(H2,24,28). The van der Waals surface area contributed by atoms with Gasteiger partial charge in [-0.3, -0.25) is 23.9 Å². The van der Waals surface area contributed by atoms with Crippen LogP contribution in [0, 0.1) is 12.7 Å². The third-order valence-corrected chi connectivity index (χ3v) is 5.20. The van der Waals surface area contributed by atoms with Crippen molar-refractivity contribution in [2.75, 3.05) is 6.54 Å². The van der Waals surface area contributed by atoms with Gasteiger partial charge in [-0.15, -0.1) is 0 Å². The predicted octanol–water partition coefficient (Wildman–Crippen LogP) is 1.98. The number of halogens is 1. The normalized spacial score (nSPS) is 13.1. The molecule has 0 bridgehead atoms. The second kappa shape index (κ2) is 7.55. The van der Waals surface area contributed by atoms with Crippen molar-refractivity contribution in [3.63, 3.8) is 0 Å². The number of amides is 2. The second-order valence-corrected chi connectivity index (χ2v) is 7.19. The van der Waals surface area contributed by atoms with E-state index >= 15 is 0 Å². The van der Waals surface area contributed by atoms with E-state index < -0.39 is 17.3 Å². The van der Waals surface area contributed by atoms with Gasteiger partial charge in [0.1, 0.15) is 11.4 Å². The number of carbonyl (C=O) groups excluding carboxylic acids is 2. The van der Waals surface area contributed by atoms with Crippen molar-refractivity contribution in [3.8, 4) is 5.69 Å². The van der Waals surface area contributed by atoms with Crippen LogP contribution in [0.1, 0.15) is 37.5 Å². The van der Waals surface area contributed by atoms with Crippen molar-refractivity contribution in [2.24, 2.45) is 5.73 Å². The van der Waals surface area contributed by atoms with E-state index in [4.69, 9.17) is 5.73 Å². The van der Waals surface area contributed by atoms with Gasteiger partial charge in [0.2, 0.25) is 0 Å². The zero-order valence-corrected chi connectivity index (χ0v) is 16.3. The molecule has 0 atom stereocenters. The maximum Gasteiger partial charge on any atom is 0.268 e. The Balaban J connectivity index is 1.76. The van der Waals surface area contributed by atoms with Crippen LogP contribution in [0.2, 0.25) is 0 Å². The van der Waals surface area contributed by atoms with E-state index in [1.54, 1.807) is 23.2 Å². The summed E-state index contributed by atoms with van der Waals surface area (Å²) in [6.07, 6.45) is 3.45. The van der Waals surface area contributed by atoms with Crippen LogP contribution < -0.4 is 11.3 Å². The highest BCUT2D eigenvalue weighted by Gasteiger charge is 2.28. The minimum Gasteiger partial charge on any atom is -0.365 e. The Morgan fingerprint density at radius 3 is 2.50 bits per heavy atom. The van der Waals surface area contributed by atoms with Crippen molar-refractivity contribution in [2.45, 2.75) is 19.9 Å². The lowest BCUT2D eigenvalue weighted by Crippen LogP contribution is -2.40. The van der Waals surface area contributed by atoms with Gasteiger partial charge >= 0.3 is 0 Å². The van der Waals surface area contributed by atoms with Crippen molar-refractivity contribution in [1.82, 2.24) is 14.5 Å². The van der Waals surface area contributed by atoms with E-state index in [1.165, 1.54) is 35.0 Å². The monoisotopic (exact) mass is 406 g/mol. The zero-order chi connectivity index (χ0) is 21.4. The number of rotatable bonds is 3. The molecular weight excluding hydrogens is 387 g/mol. The minimum absolute atomic E-state index is 0.0964. The molecule has 0 radical (unpaired) electrons. The molecule has 152 valence electrons. The number of benzene rings is 1. The molecule has 4 rings (SSSR count). The molecule has 1 aliphatic rings. The average molecular weight is 406 g/mol. The Bertz CT molecular complexity index is 1200. The summed E-state index contributed by atoms with van der Waals surface area (Å²) in [6, 6.07) is 8.82. The first kappa shape index (κ1) is 19.5.